The first-order chi connectivity index (χ1) is 29.9. The molecule has 0 amide bonds. The van der Waals surface area contributed by atoms with Gasteiger partial charge in [0, 0.05) is 19.3 Å². The van der Waals surface area contributed by atoms with Gasteiger partial charge in [-0.3, -0.25) is 14.4 Å². The minimum Gasteiger partial charge on any atom is -0.462 e. The van der Waals surface area contributed by atoms with E-state index in [1.807, 2.05) is 0 Å². The van der Waals surface area contributed by atoms with E-state index in [-0.39, 0.29) is 31.1 Å². The van der Waals surface area contributed by atoms with E-state index < -0.39 is 6.10 Å². The summed E-state index contributed by atoms with van der Waals surface area (Å²) in [6.07, 6.45) is 52.3. The van der Waals surface area contributed by atoms with Gasteiger partial charge in [0.15, 0.2) is 6.10 Å². The van der Waals surface area contributed by atoms with Gasteiger partial charge in [0.1, 0.15) is 13.2 Å². The molecule has 61 heavy (non-hydrogen) atoms. The van der Waals surface area contributed by atoms with Crippen LogP contribution in [0.1, 0.15) is 310 Å². The Balaban J connectivity index is 4.30. The van der Waals surface area contributed by atoms with Crippen molar-refractivity contribution in [1.29, 1.82) is 0 Å². The van der Waals surface area contributed by atoms with Crippen LogP contribution in [0.3, 0.4) is 0 Å². The lowest BCUT2D eigenvalue weighted by Crippen LogP contribution is -2.30. The quantitative estimate of drug-likeness (QED) is 0.0344. The van der Waals surface area contributed by atoms with Gasteiger partial charge in [-0.05, 0) is 25.2 Å². The molecule has 0 aliphatic rings. The van der Waals surface area contributed by atoms with Crippen molar-refractivity contribution in [1.82, 2.24) is 0 Å². The van der Waals surface area contributed by atoms with E-state index in [0.717, 1.165) is 63.7 Å². The molecule has 362 valence electrons. The van der Waals surface area contributed by atoms with Gasteiger partial charge < -0.3 is 14.2 Å². The first-order valence-corrected chi connectivity index (χ1v) is 27.4. The Morgan fingerprint density at radius 1 is 0.311 bits per heavy atom. The van der Waals surface area contributed by atoms with Crippen molar-refractivity contribution in [2.24, 2.45) is 5.92 Å². The molecule has 6 heteroatoms. The van der Waals surface area contributed by atoms with Crippen LogP contribution in [0, 0.1) is 5.92 Å². The summed E-state index contributed by atoms with van der Waals surface area (Å²) in [5, 5.41) is 0. The summed E-state index contributed by atoms with van der Waals surface area (Å²) in [5.74, 6) is -0.0214. The Bertz CT molecular complexity index is 918. The molecule has 0 bridgehead atoms. The van der Waals surface area contributed by atoms with Crippen LogP contribution in [0.25, 0.3) is 0 Å². The Hall–Kier alpha value is -1.59. The maximum atomic E-state index is 12.8. The topological polar surface area (TPSA) is 78.9 Å². The average Bonchev–Trinajstić information content (AvgIpc) is 3.24. The van der Waals surface area contributed by atoms with Crippen molar-refractivity contribution in [3.8, 4) is 0 Å². The fourth-order valence-corrected chi connectivity index (χ4v) is 8.39. The molecule has 0 spiro atoms. The van der Waals surface area contributed by atoms with E-state index in [9.17, 15) is 14.4 Å². The highest BCUT2D eigenvalue weighted by molar-refractivity contribution is 5.71. The highest BCUT2D eigenvalue weighted by Gasteiger charge is 2.19. The van der Waals surface area contributed by atoms with Gasteiger partial charge in [-0.2, -0.15) is 0 Å². The van der Waals surface area contributed by atoms with E-state index in [1.165, 1.54) is 205 Å². The van der Waals surface area contributed by atoms with E-state index >= 15 is 0 Å². The van der Waals surface area contributed by atoms with Gasteiger partial charge in [-0.15, -0.1) is 0 Å². The normalized spacial score (nSPS) is 12.0. The first kappa shape index (κ1) is 59.4. The number of ether oxygens (including phenoxy) is 3. The Morgan fingerprint density at radius 3 is 0.803 bits per heavy atom. The fraction of sp³-hybridized carbons (Fsp3) is 0.945. The highest BCUT2D eigenvalue weighted by Crippen LogP contribution is 2.17. The van der Waals surface area contributed by atoms with Gasteiger partial charge in [0.25, 0.3) is 0 Å². The van der Waals surface area contributed by atoms with Crippen LogP contribution in [0.15, 0.2) is 0 Å². The van der Waals surface area contributed by atoms with Crippen LogP contribution in [0.2, 0.25) is 0 Å². The third kappa shape index (κ3) is 49.3. The summed E-state index contributed by atoms with van der Waals surface area (Å²) in [6.45, 7) is 9.03. The third-order valence-corrected chi connectivity index (χ3v) is 12.5. The van der Waals surface area contributed by atoms with Crippen LogP contribution in [-0.4, -0.2) is 37.2 Å². The predicted octanol–water partition coefficient (Wildman–Crippen LogP) is 17.8. The number of esters is 3. The lowest BCUT2D eigenvalue weighted by molar-refractivity contribution is -0.167. The molecule has 0 fully saturated rings. The molecule has 0 saturated heterocycles. The lowest BCUT2D eigenvalue weighted by atomic mass is 10.0. The maximum absolute atomic E-state index is 12.8. The molecule has 0 aromatic carbocycles. The largest absolute Gasteiger partial charge is 0.462 e. The van der Waals surface area contributed by atoms with E-state index in [4.69, 9.17) is 14.2 Å². The number of rotatable bonds is 50. The SMILES string of the molecule is CCCCCCCCCCCCCCCCCCC(=O)O[C@H](COC(=O)CCCCCCCCCCCCCCCC)COC(=O)CCCCCCCCCCCCC(C)C. The average molecular weight is 863 g/mol. The second kappa shape index (κ2) is 49.4. The molecule has 0 radical (unpaired) electrons. The first-order valence-electron chi connectivity index (χ1n) is 27.4. The minimum absolute atomic E-state index is 0.0624. The van der Waals surface area contributed by atoms with Crippen LogP contribution in [0.4, 0.5) is 0 Å². The zero-order valence-electron chi connectivity index (χ0n) is 41.6. The molecule has 6 nitrogen and oxygen atoms in total. The molecular formula is C55H106O6. The van der Waals surface area contributed by atoms with Crippen LogP contribution < -0.4 is 0 Å². The van der Waals surface area contributed by atoms with Gasteiger partial charge >= 0.3 is 17.9 Å². The van der Waals surface area contributed by atoms with Gasteiger partial charge in [0.05, 0.1) is 0 Å². The second-order valence-electron chi connectivity index (χ2n) is 19.3. The molecule has 0 aromatic rings. The molecule has 1 atom stereocenters. The summed E-state index contributed by atoms with van der Waals surface area (Å²) < 4.78 is 16.8. The smallest absolute Gasteiger partial charge is 0.306 e. The monoisotopic (exact) mass is 863 g/mol. The van der Waals surface area contributed by atoms with Crippen molar-refractivity contribution < 1.29 is 28.6 Å². The molecule has 0 N–H and O–H groups in total. The molecule has 0 unspecified atom stereocenters. The summed E-state index contributed by atoms with van der Waals surface area (Å²) in [7, 11) is 0. The number of carbonyl (C=O) groups excluding carboxylic acids is 3. The highest BCUT2D eigenvalue weighted by atomic mass is 16.6. The predicted molar refractivity (Wildman–Crippen MR) is 261 cm³/mol. The van der Waals surface area contributed by atoms with Crippen LogP contribution in [-0.2, 0) is 28.6 Å². The summed E-state index contributed by atoms with van der Waals surface area (Å²) in [4.78, 5) is 38.0. The van der Waals surface area contributed by atoms with Gasteiger partial charge in [-0.25, -0.2) is 0 Å². The molecule has 0 aromatic heterocycles. The number of hydrogen-bond acceptors (Lipinski definition) is 6. The Labute approximate surface area is 380 Å². The zero-order valence-corrected chi connectivity index (χ0v) is 41.6. The molecule has 0 rings (SSSR count). The summed E-state index contributed by atoms with van der Waals surface area (Å²) in [5.41, 5.74) is 0. The summed E-state index contributed by atoms with van der Waals surface area (Å²) >= 11 is 0. The minimum atomic E-state index is -0.761. The standard InChI is InChI=1S/C55H106O6/c1-5-7-9-11-13-15-17-19-21-22-24-26-32-36-40-44-48-55(58)61-52(50-60-54(57)47-43-39-35-31-28-27-29-33-37-41-45-51(3)4)49-59-53(56)46-42-38-34-30-25-23-20-18-16-14-12-10-8-6-2/h51-52H,5-50H2,1-4H3/t52-/m1/s1. The van der Waals surface area contributed by atoms with Crippen molar-refractivity contribution in [3.05, 3.63) is 0 Å². The zero-order chi connectivity index (χ0) is 44.5. The fourth-order valence-electron chi connectivity index (χ4n) is 8.39. The molecule has 0 aliphatic heterocycles. The third-order valence-electron chi connectivity index (χ3n) is 12.5. The molecule has 0 aliphatic carbocycles. The maximum Gasteiger partial charge on any atom is 0.306 e. The van der Waals surface area contributed by atoms with Crippen LogP contribution >= 0.6 is 0 Å². The Kier molecular flexibility index (Phi) is 48.1. The number of unbranched alkanes of at least 4 members (excludes halogenated alkanes) is 37. The van der Waals surface area contributed by atoms with Crippen molar-refractivity contribution in [2.45, 2.75) is 316 Å². The van der Waals surface area contributed by atoms with Crippen molar-refractivity contribution in [2.75, 3.05) is 13.2 Å². The van der Waals surface area contributed by atoms with Crippen LogP contribution in [0.5, 0.6) is 0 Å². The lowest BCUT2D eigenvalue weighted by Gasteiger charge is -2.18. The summed E-state index contributed by atoms with van der Waals surface area (Å²) in [6, 6.07) is 0. The van der Waals surface area contributed by atoms with Gasteiger partial charge in [-0.1, -0.05) is 272 Å². The number of carbonyl (C=O) groups is 3. The van der Waals surface area contributed by atoms with Crippen molar-refractivity contribution >= 4 is 17.9 Å². The van der Waals surface area contributed by atoms with E-state index in [2.05, 4.69) is 27.7 Å². The van der Waals surface area contributed by atoms with E-state index in [1.54, 1.807) is 0 Å². The molecule has 0 heterocycles. The molecule has 0 saturated carbocycles. The number of hydrogen-bond donors (Lipinski definition) is 0. The molecular weight excluding hydrogens is 757 g/mol. The Morgan fingerprint density at radius 2 is 0.541 bits per heavy atom. The van der Waals surface area contributed by atoms with Crippen molar-refractivity contribution in [3.63, 3.8) is 0 Å². The van der Waals surface area contributed by atoms with E-state index in [0.29, 0.717) is 19.3 Å². The van der Waals surface area contributed by atoms with Gasteiger partial charge in [0.2, 0.25) is 0 Å². The second-order valence-corrected chi connectivity index (χ2v) is 19.3.